The fraction of sp³-hybridized carbons (Fsp3) is 0.194. The Hall–Kier alpha value is -4.77. The SMILES string of the molecule is COc1ccc(-c2cn(C=Cc3ccccc3)c(=O)n2C(c2ccccc2)c2ccccc2)cc1OC1CCCC1. The van der Waals surface area contributed by atoms with Crippen LogP contribution in [-0.4, -0.2) is 22.3 Å². The average Bonchev–Trinajstić information content (AvgIpc) is 3.66. The Morgan fingerprint density at radius 3 is 2.00 bits per heavy atom. The lowest BCUT2D eigenvalue weighted by molar-refractivity contribution is 0.201. The first kappa shape index (κ1) is 26.5. The summed E-state index contributed by atoms with van der Waals surface area (Å²) >= 11 is 0. The predicted octanol–water partition coefficient (Wildman–Crippen LogP) is 7.91. The van der Waals surface area contributed by atoms with Crippen molar-refractivity contribution in [3.8, 4) is 22.8 Å². The Kier molecular flexibility index (Phi) is 7.85. The molecule has 0 spiro atoms. The number of imidazole rings is 1. The molecule has 1 saturated carbocycles. The van der Waals surface area contributed by atoms with Crippen molar-refractivity contribution in [1.82, 2.24) is 9.13 Å². The van der Waals surface area contributed by atoms with Crippen LogP contribution in [0.25, 0.3) is 23.5 Å². The Morgan fingerprint density at radius 1 is 0.780 bits per heavy atom. The maximum atomic E-state index is 14.3. The molecule has 5 heteroatoms. The van der Waals surface area contributed by atoms with Crippen LogP contribution in [0, 0.1) is 0 Å². The van der Waals surface area contributed by atoms with Crippen LogP contribution in [-0.2, 0) is 0 Å². The monoisotopic (exact) mass is 542 g/mol. The lowest BCUT2D eigenvalue weighted by atomic mass is 9.97. The van der Waals surface area contributed by atoms with Crippen molar-refractivity contribution in [1.29, 1.82) is 0 Å². The van der Waals surface area contributed by atoms with Gasteiger partial charge in [0.1, 0.15) is 0 Å². The maximum absolute atomic E-state index is 14.3. The number of nitrogens with zero attached hydrogens (tertiary/aromatic N) is 2. The smallest absolute Gasteiger partial charge is 0.333 e. The van der Waals surface area contributed by atoms with E-state index in [0.29, 0.717) is 11.5 Å². The fourth-order valence-electron chi connectivity index (χ4n) is 5.65. The van der Waals surface area contributed by atoms with E-state index in [4.69, 9.17) is 9.47 Å². The van der Waals surface area contributed by atoms with Gasteiger partial charge in [0.15, 0.2) is 11.5 Å². The van der Waals surface area contributed by atoms with Gasteiger partial charge in [-0.05, 0) is 66.6 Å². The van der Waals surface area contributed by atoms with Crippen LogP contribution in [0.3, 0.4) is 0 Å². The van der Waals surface area contributed by atoms with Crippen molar-refractivity contribution >= 4 is 12.3 Å². The molecule has 41 heavy (non-hydrogen) atoms. The molecular weight excluding hydrogens is 508 g/mol. The van der Waals surface area contributed by atoms with Gasteiger partial charge in [-0.3, -0.25) is 9.13 Å². The van der Waals surface area contributed by atoms with Crippen LogP contribution < -0.4 is 15.2 Å². The van der Waals surface area contributed by atoms with Crippen LogP contribution in [0.4, 0.5) is 0 Å². The van der Waals surface area contributed by atoms with Gasteiger partial charge in [-0.2, -0.15) is 0 Å². The van der Waals surface area contributed by atoms with E-state index in [9.17, 15) is 4.79 Å². The molecule has 4 aromatic carbocycles. The van der Waals surface area contributed by atoms with Crippen LogP contribution in [0.1, 0.15) is 48.4 Å². The van der Waals surface area contributed by atoms with Crippen molar-refractivity contribution < 1.29 is 9.47 Å². The second kappa shape index (κ2) is 12.2. The molecule has 1 aliphatic carbocycles. The highest BCUT2D eigenvalue weighted by Crippen LogP contribution is 2.37. The summed E-state index contributed by atoms with van der Waals surface area (Å²) in [6.07, 6.45) is 10.3. The summed E-state index contributed by atoms with van der Waals surface area (Å²) in [6, 6.07) is 36.0. The standard InChI is InChI=1S/C36H34N2O3/c1-40-33-22-21-30(25-34(33)41-31-19-11-12-20-31)32-26-37(24-23-27-13-5-2-6-14-27)36(39)38(32)35(28-15-7-3-8-16-28)29-17-9-4-10-18-29/h2-10,13-18,21-26,31,35H,11-12,19-20H2,1H3. The van der Waals surface area contributed by atoms with Gasteiger partial charge in [-0.25, -0.2) is 4.79 Å². The van der Waals surface area contributed by atoms with E-state index >= 15 is 0 Å². The zero-order valence-electron chi connectivity index (χ0n) is 23.2. The molecule has 1 fully saturated rings. The third-order valence-corrected chi connectivity index (χ3v) is 7.72. The van der Waals surface area contributed by atoms with Crippen molar-refractivity contribution in [2.24, 2.45) is 0 Å². The number of hydrogen-bond donors (Lipinski definition) is 0. The molecule has 0 saturated heterocycles. The first-order valence-electron chi connectivity index (χ1n) is 14.2. The summed E-state index contributed by atoms with van der Waals surface area (Å²) in [5, 5.41) is 0. The molecule has 0 atom stereocenters. The molecule has 5 nitrogen and oxygen atoms in total. The van der Waals surface area contributed by atoms with Gasteiger partial charge in [0.05, 0.1) is 24.9 Å². The largest absolute Gasteiger partial charge is 0.493 e. The van der Waals surface area contributed by atoms with Gasteiger partial charge < -0.3 is 9.47 Å². The van der Waals surface area contributed by atoms with E-state index in [1.807, 2.05) is 108 Å². The van der Waals surface area contributed by atoms with Gasteiger partial charge in [-0.1, -0.05) is 91.0 Å². The minimum absolute atomic E-state index is 0.126. The minimum Gasteiger partial charge on any atom is -0.493 e. The van der Waals surface area contributed by atoms with E-state index in [1.165, 1.54) is 12.8 Å². The van der Waals surface area contributed by atoms with Crippen molar-refractivity contribution in [2.75, 3.05) is 7.11 Å². The summed E-state index contributed by atoms with van der Waals surface area (Å²) in [4.78, 5) is 14.3. The molecule has 0 N–H and O–H groups in total. The molecule has 1 aliphatic rings. The van der Waals surface area contributed by atoms with Gasteiger partial charge in [0, 0.05) is 18.0 Å². The highest BCUT2D eigenvalue weighted by Gasteiger charge is 2.25. The number of methoxy groups -OCH3 is 1. The quantitative estimate of drug-likeness (QED) is 0.190. The molecule has 0 aliphatic heterocycles. The molecule has 5 aromatic rings. The van der Waals surface area contributed by atoms with Crippen LogP contribution in [0.5, 0.6) is 11.5 Å². The highest BCUT2D eigenvalue weighted by atomic mass is 16.5. The number of hydrogen-bond acceptors (Lipinski definition) is 3. The van der Waals surface area contributed by atoms with Gasteiger partial charge in [-0.15, -0.1) is 0 Å². The van der Waals surface area contributed by atoms with Gasteiger partial charge in [0.2, 0.25) is 0 Å². The first-order valence-corrected chi connectivity index (χ1v) is 14.2. The predicted molar refractivity (Wildman–Crippen MR) is 165 cm³/mol. The third kappa shape index (κ3) is 5.75. The summed E-state index contributed by atoms with van der Waals surface area (Å²) < 4.78 is 15.7. The summed E-state index contributed by atoms with van der Waals surface area (Å²) in [5.74, 6) is 1.40. The highest BCUT2D eigenvalue weighted by molar-refractivity contribution is 5.67. The fourth-order valence-corrected chi connectivity index (χ4v) is 5.65. The zero-order valence-corrected chi connectivity index (χ0v) is 23.2. The van der Waals surface area contributed by atoms with E-state index in [1.54, 1.807) is 11.7 Å². The molecule has 0 radical (unpaired) electrons. The van der Waals surface area contributed by atoms with E-state index < -0.39 is 0 Å². The molecule has 6 rings (SSSR count). The average molecular weight is 543 g/mol. The van der Waals surface area contributed by atoms with E-state index in [0.717, 1.165) is 40.8 Å². The number of ether oxygens (including phenoxy) is 2. The first-order chi connectivity index (χ1) is 20.2. The van der Waals surface area contributed by atoms with Crippen LogP contribution in [0.2, 0.25) is 0 Å². The third-order valence-electron chi connectivity index (χ3n) is 7.72. The summed E-state index contributed by atoms with van der Waals surface area (Å²) in [7, 11) is 1.66. The van der Waals surface area contributed by atoms with E-state index in [2.05, 4.69) is 24.3 Å². The second-order valence-electron chi connectivity index (χ2n) is 10.4. The Labute approximate surface area is 240 Å². The number of rotatable bonds is 9. The summed E-state index contributed by atoms with van der Waals surface area (Å²) in [5.41, 5.74) is 4.64. The Balaban J connectivity index is 1.53. The molecule has 1 heterocycles. The lowest BCUT2D eigenvalue weighted by Crippen LogP contribution is -2.27. The topological polar surface area (TPSA) is 45.4 Å². The van der Waals surface area contributed by atoms with Crippen molar-refractivity contribution in [3.05, 3.63) is 143 Å². The maximum Gasteiger partial charge on any atom is 0.333 e. The second-order valence-corrected chi connectivity index (χ2v) is 10.4. The molecule has 0 unspecified atom stereocenters. The van der Waals surface area contributed by atoms with Gasteiger partial charge >= 0.3 is 5.69 Å². The molecule has 0 bridgehead atoms. The summed E-state index contributed by atoms with van der Waals surface area (Å²) in [6.45, 7) is 0. The van der Waals surface area contributed by atoms with Gasteiger partial charge in [0.25, 0.3) is 0 Å². The lowest BCUT2D eigenvalue weighted by Gasteiger charge is -2.22. The minimum atomic E-state index is -0.326. The molecule has 0 amide bonds. The zero-order chi connectivity index (χ0) is 28.0. The van der Waals surface area contributed by atoms with Crippen molar-refractivity contribution in [3.63, 3.8) is 0 Å². The Bertz CT molecular complexity index is 1630. The molecule has 206 valence electrons. The molecule has 1 aromatic heterocycles. The molecular formula is C36H34N2O3. The number of benzene rings is 4. The van der Waals surface area contributed by atoms with Crippen LogP contribution in [0.15, 0.2) is 120 Å². The van der Waals surface area contributed by atoms with Crippen LogP contribution >= 0.6 is 0 Å². The Morgan fingerprint density at radius 2 is 1.39 bits per heavy atom. The van der Waals surface area contributed by atoms with E-state index in [-0.39, 0.29) is 17.8 Å². The van der Waals surface area contributed by atoms with Crippen molar-refractivity contribution in [2.45, 2.75) is 37.8 Å². The normalized spacial score (nSPS) is 13.7. The number of aromatic nitrogens is 2.